The van der Waals surface area contributed by atoms with Crippen molar-refractivity contribution in [3.63, 3.8) is 0 Å². The number of carbonyl (C=O) groups excluding carboxylic acids is 2. The minimum Gasteiger partial charge on any atom is -0.508 e. The minimum atomic E-state index is -0.102. The molecule has 0 bridgehead atoms. The first-order valence-electron chi connectivity index (χ1n) is 14.7. The van der Waals surface area contributed by atoms with Crippen LogP contribution >= 0.6 is 0 Å². The standard InChI is InChI=1S/C32H46N2O5.CH4/c1-2-3-19-33-31(37)12-10-8-6-4-5-7-9-11-20-39-24-28-21-26-15-18-30(36)22-27(26)23-34(28)32(38)25-13-16-29(35)17-14-25;/h13-18,22,28,35-36H,2-12,19-21,23-24H2,1H3,(H,33,37);1H4. The third-order valence-electron chi connectivity index (χ3n) is 7.41. The predicted octanol–water partition coefficient (Wildman–Crippen LogP) is 6.74. The van der Waals surface area contributed by atoms with Crippen molar-refractivity contribution in [3.8, 4) is 11.5 Å². The zero-order chi connectivity index (χ0) is 27.9. The van der Waals surface area contributed by atoms with Crippen LogP contribution in [-0.4, -0.2) is 52.7 Å². The van der Waals surface area contributed by atoms with Crippen LogP contribution < -0.4 is 5.32 Å². The number of nitrogens with zero attached hydrogens (tertiary/aromatic N) is 1. The SMILES string of the molecule is C.CCCCNC(=O)CCCCCCCCCCOCC1Cc2ccc(O)cc2CN1C(=O)c1ccc(O)cc1. The summed E-state index contributed by atoms with van der Waals surface area (Å²) in [7, 11) is 0. The Bertz CT molecular complexity index is 1020. The van der Waals surface area contributed by atoms with Crippen molar-refractivity contribution in [2.45, 2.75) is 104 Å². The van der Waals surface area contributed by atoms with E-state index in [1.165, 1.54) is 37.8 Å². The van der Waals surface area contributed by atoms with Gasteiger partial charge in [0.15, 0.2) is 0 Å². The summed E-state index contributed by atoms with van der Waals surface area (Å²) in [6.07, 6.45) is 12.5. The Morgan fingerprint density at radius 2 is 1.52 bits per heavy atom. The van der Waals surface area contributed by atoms with Crippen molar-refractivity contribution in [2.75, 3.05) is 19.8 Å². The Kier molecular flexibility index (Phi) is 15.2. The lowest BCUT2D eigenvalue weighted by Crippen LogP contribution is -2.46. The van der Waals surface area contributed by atoms with Gasteiger partial charge in [0.2, 0.25) is 5.91 Å². The second-order valence-electron chi connectivity index (χ2n) is 10.6. The van der Waals surface area contributed by atoms with Crippen molar-refractivity contribution in [3.05, 3.63) is 59.2 Å². The van der Waals surface area contributed by atoms with Crippen LogP contribution in [0.5, 0.6) is 11.5 Å². The molecular weight excluding hydrogens is 504 g/mol. The number of rotatable bonds is 17. The molecule has 40 heavy (non-hydrogen) atoms. The van der Waals surface area contributed by atoms with Crippen LogP contribution in [0.4, 0.5) is 0 Å². The van der Waals surface area contributed by atoms with Gasteiger partial charge in [0.25, 0.3) is 5.91 Å². The molecule has 222 valence electrons. The van der Waals surface area contributed by atoms with E-state index in [0.29, 0.717) is 38.2 Å². The molecule has 0 spiro atoms. The van der Waals surface area contributed by atoms with Gasteiger partial charge in [-0.15, -0.1) is 0 Å². The number of hydrogen-bond donors (Lipinski definition) is 3. The number of ether oxygens (including phenoxy) is 1. The number of amides is 2. The summed E-state index contributed by atoms with van der Waals surface area (Å²) in [6, 6.07) is 11.6. The summed E-state index contributed by atoms with van der Waals surface area (Å²) in [5.74, 6) is 0.413. The van der Waals surface area contributed by atoms with Crippen molar-refractivity contribution in [2.24, 2.45) is 0 Å². The highest BCUT2D eigenvalue weighted by Gasteiger charge is 2.30. The Morgan fingerprint density at radius 3 is 2.23 bits per heavy atom. The lowest BCUT2D eigenvalue weighted by atomic mass is 9.93. The zero-order valence-corrected chi connectivity index (χ0v) is 23.5. The molecule has 1 atom stereocenters. The molecule has 1 aliphatic heterocycles. The van der Waals surface area contributed by atoms with E-state index in [1.807, 2.05) is 11.0 Å². The van der Waals surface area contributed by atoms with E-state index in [2.05, 4.69) is 12.2 Å². The number of aromatic hydroxyl groups is 2. The van der Waals surface area contributed by atoms with Gasteiger partial charge >= 0.3 is 0 Å². The number of phenols is 2. The summed E-state index contributed by atoms with van der Waals surface area (Å²) in [6.45, 7) is 4.49. The molecule has 0 aliphatic carbocycles. The third kappa shape index (κ3) is 11.2. The second kappa shape index (κ2) is 18.3. The molecule has 7 nitrogen and oxygen atoms in total. The number of unbranched alkanes of at least 4 members (excludes halogenated alkanes) is 8. The molecule has 3 rings (SSSR count). The van der Waals surface area contributed by atoms with E-state index in [0.717, 1.165) is 56.2 Å². The first-order valence-corrected chi connectivity index (χ1v) is 14.7. The van der Waals surface area contributed by atoms with Crippen molar-refractivity contribution in [1.29, 1.82) is 0 Å². The average molecular weight is 555 g/mol. The lowest BCUT2D eigenvalue weighted by molar-refractivity contribution is -0.121. The number of phenolic OH excluding ortho intramolecular Hbond substituents is 2. The second-order valence-corrected chi connectivity index (χ2v) is 10.6. The summed E-state index contributed by atoms with van der Waals surface area (Å²) >= 11 is 0. The summed E-state index contributed by atoms with van der Waals surface area (Å²) in [5.41, 5.74) is 2.61. The molecule has 2 aromatic carbocycles. The zero-order valence-electron chi connectivity index (χ0n) is 23.5. The van der Waals surface area contributed by atoms with E-state index >= 15 is 0 Å². The van der Waals surface area contributed by atoms with Gasteiger partial charge in [0, 0.05) is 31.7 Å². The maximum Gasteiger partial charge on any atom is 0.254 e. The average Bonchev–Trinajstić information content (AvgIpc) is 2.93. The maximum absolute atomic E-state index is 13.3. The number of benzene rings is 2. The highest BCUT2D eigenvalue weighted by molar-refractivity contribution is 5.94. The summed E-state index contributed by atoms with van der Waals surface area (Å²) < 4.78 is 6.04. The quantitative estimate of drug-likeness (QED) is 0.188. The van der Waals surface area contributed by atoms with Gasteiger partial charge in [0.1, 0.15) is 11.5 Å². The van der Waals surface area contributed by atoms with Crippen LogP contribution in [0, 0.1) is 0 Å². The molecule has 0 aromatic heterocycles. The molecular formula is C33H50N2O5. The lowest BCUT2D eigenvalue weighted by Gasteiger charge is -2.37. The molecule has 1 aliphatic rings. The molecule has 0 saturated carbocycles. The Hall–Kier alpha value is -3.06. The summed E-state index contributed by atoms with van der Waals surface area (Å²) in [5, 5.41) is 22.5. The molecule has 0 radical (unpaired) electrons. The number of fused-ring (bicyclic) bond motifs is 1. The van der Waals surface area contributed by atoms with E-state index in [-0.39, 0.29) is 36.8 Å². The van der Waals surface area contributed by atoms with E-state index in [4.69, 9.17) is 4.74 Å². The maximum atomic E-state index is 13.3. The van der Waals surface area contributed by atoms with Gasteiger partial charge in [-0.2, -0.15) is 0 Å². The third-order valence-corrected chi connectivity index (χ3v) is 7.41. The van der Waals surface area contributed by atoms with Crippen LogP contribution in [0.1, 0.15) is 106 Å². The topological polar surface area (TPSA) is 99.1 Å². The van der Waals surface area contributed by atoms with Gasteiger partial charge in [-0.05, 0) is 73.2 Å². The van der Waals surface area contributed by atoms with Crippen LogP contribution in [0.2, 0.25) is 0 Å². The van der Waals surface area contributed by atoms with E-state index in [9.17, 15) is 19.8 Å². The van der Waals surface area contributed by atoms with Crippen LogP contribution in [0.3, 0.4) is 0 Å². The van der Waals surface area contributed by atoms with E-state index in [1.54, 1.807) is 24.3 Å². The highest BCUT2D eigenvalue weighted by atomic mass is 16.5. The van der Waals surface area contributed by atoms with Crippen molar-refractivity contribution >= 4 is 11.8 Å². The van der Waals surface area contributed by atoms with Gasteiger partial charge < -0.3 is 25.2 Å². The predicted molar refractivity (Wildman–Crippen MR) is 161 cm³/mol. The highest BCUT2D eigenvalue weighted by Crippen LogP contribution is 2.28. The van der Waals surface area contributed by atoms with Crippen LogP contribution in [-0.2, 0) is 22.5 Å². The molecule has 0 saturated heterocycles. The molecule has 1 unspecified atom stereocenters. The summed E-state index contributed by atoms with van der Waals surface area (Å²) in [4.78, 5) is 26.8. The molecule has 2 aromatic rings. The Labute approximate surface area is 240 Å². The number of hydrogen-bond acceptors (Lipinski definition) is 5. The van der Waals surface area contributed by atoms with Crippen LogP contribution in [0.15, 0.2) is 42.5 Å². The van der Waals surface area contributed by atoms with Crippen molar-refractivity contribution in [1.82, 2.24) is 10.2 Å². The molecule has 7 heteroatoms. The molecule has 2 amide bonds. The molecule has 1 heterocycles. The van der Waals surface area contributed by atoms with Crippen LogP contribution in [0.25, 0.3) is 0 Å². The number of nitrogens with one attached hydrogen (secondary N) is 1. The van der Waals surface area contributed by atoms with Gasteiger partial charge in [-0.3, -0.25) is 9.59 Å². The fourth-order valence-electron chi connectivity index (χ4n) is 5.05. The largest absolute Gasteiger partial charge is 0.508 e. The first kappa shape index (κ1) is 33.1. The first-order chi connectivity index (χ1) is 19.0. The van der Waals surface area contributed by atoms with Gasteiger partial charge in [-0.25, -0.2) is 0 Å². The van der Waals surface area contributed by atoms with E-state index < -0.39 is 0 Å². The van der Waals surface area contributed by atoms with Crippen molar-refractivity contribution < 1.29 is 24.5 Å². The van der Waals surface area contributed by atoms with Gasteiger partial charge in [0.05, 0.1) is 12.6 Å². The fraction of sp³-hybridized carbons (Fsp3) is 0.576. The van der Waals surface area contributed by atoms with Gasteiger partial charge in [-0.1, -0.05) is 65.4 Å². The smallest absolute Gasteiger partial charge is 0.254 e. The normalized spacial score (nSPS) is 14.3. The molecule has 0 fully saturated rings. The Morgan fingerprint density at radius 1 is 0.875 bits per heavy atom. The number of carbonyl (C=O) groups is 2. The minimum absolute atomic E-state index is 0. The monoisotopic (exact) mass is 554 g/mol. The Balaban J connectivity index is 0.00000560. The fourth-order valence-corrected chi connectivity index (χ4v) is 5.05. The molecule has 3 N–H and O–H groups in total.